The Bertz CT molecular complexity index is 405. The number of piperidine rings is 1. The van der Waals surface area contributed by atoms with Gasteiger partial charge in [-0.15, -0.1) is 23.7 Å². The number of hydrogen-bond acceptors (Lipinski definition) is 3. The minimum atomic E-state index is 0. The van der Waals surface area contributed by atoms with Gasteiger partial charge in [0.1, 0.15) is 0 Å². The summed E-state index contributed by atoms with van der Waals surface area (Å²) >= 11 is 1.53. The maximum absolute atomic E-state index is 12.5. The second-order valence-corrected chi connectivity index (χ2v) is 5.77. The molecule has 0 aromatic carbocycles. The molecule has 1 aromatic heterocycles. The molecule has 2 unspecified atom stereocenters. The van der Waals surface area contributed by atoms with Crippen molar-refractivity contribution in [3.8, 4) is 0 Å². The van der Waals surface area contributed by atoms with Crippen LogP contribution < -0.4 is 5.73 Å². The molecule has 5 heteroatoms. The molecule has 2 rings (SSSR count). The van der Waals surface area contributed by atoms with Gasteiger partial charge in [-0.2, -0.15) is 0 Å². The molecule has 0 saturated carbocycles. The van der Waals surface area contributed by atoms with Gasteiger partial charge in [-0.25, -0.2) is 0 Å². The predicted molar refractivity (Wildman–Crippen MR) is 78.6 cm³/mol. The zero-order valence-electron chi connectivity index (χ0n) is 10.9. The number of amides is 1. The molecule has 2 N–H and O–H groups in total. The van der Waals surface area contributed by atoms with Crippen molar-refractivity contribution in [1.82, 2.24) is 4.90 Å². The van der Waals surface area contributed by atoms with Crippen LogP contribution in [0.1, 0.15) is 41.4 Å². The average molecular weight is 289 g/mol. The Labute approximate surface area is 119 Å². The fourth-order valence-corrected chi connectivity index (χ4v) is 3.36. The van der Waals surface area contributed by atoms with Gasteiger partial charge < -0.3 is 10.6 Å². The van der Waals surface area contributed by atoms with E-state index in [1.165, 1.54) is 17.8 Å². The van der Waals surface area contributed by atoms with Crippen molar-refractivity contribution in [2.45, 2.75) is 45.2 Å². The fourth-order valence-electron chi connectivity index (χ4n) is 2.48. The largest absolute Gasteiger partial charge is 0.333 e. The Balaban J connectivity index is 0.00000162. The van der Waals surface area contributed by atoms with Gasteiger partial charge in [-0.3, -0.25) is 4.79 Å². The lowest BCUT2D eigenvalue weighted by atomic mass is 9.96. The highest BCUT2D eigenvalue weighted by molar-refractivity contribution is 7.12. The summed E-state index contributed by atoms with van der Waals surface area (Å²) in [6.45, 7) is 4.84. The molecule has 0 spiro atoms. The number of hydrogen-bond donors (Lipinski definition) is 1. The zero-order chi connectivity index (χ0) is 12.4. The van der Waals surface area contributed by atoms with Crippen LogP contribution in [0, 0.1) is 6.92 Å². The topological polar surface area (TPSA) is 46.3 Å². The second-order valence-electron chi connectivity index (χ2n) is 4.85. The first kappa shape index (κ1) is 15.5. The smallest absolute Gasteiger partial charge is 0.264 e. The minimum absolute atomic E-state index is 0. The van der Waals surface area contributed by atoms with Gasteiger partial charge in [0.25, 0.3) is 5.91 Å². The summed E-state index contributed by atoms with van der Waals surface area (Å²) < 4.78 is 0. The molecule has 0 radical (unpaired) electrons. The summed E-state index contributed by atoms with van der Waals surface area (Å²) in [4.78, 5) is 15.3. The Morgan fingerprint density at radius 2 is 2.28 bits per heavy atom. The van der Waals surface area contributed by atoms with Crippen molar-refractivity contribution in [1.29, 1.82) is 0 Å². The summed E-state index contributed by atoms with van der Waals surface area (Å²) in [6, 6.07) is 2.26. The summed E-state index contributed by atoms with van der Waals surface area (Å²) in [5.41, 5.74) is 7.07. The lowest BCUT2D eigenvalue weighted by molar-refractivity contribution is 0.0588. The van der Waals surface area contributed by atoms with Crippen molar-refractivity contribution in [2.24, 2.45) is 5.73 Å². The highest BCUT2D eigenvalue weighted by atomic mass is 35.5. The first-order chi connectivity index (χ1) is 8.11. The number of nitrogens with zero attached hydrogens (tertiary/aromatic N) is 1. The second kappa shape index (κ2) is 6.55. The van der Waals surface area contributed by atoms with Crippen molar-refractivity contribution in [2.75, 3.05) is 6.54 Å². The maximum Gasteiger partial charge on any atom is 0.264 e. The predicted octanol–water partition coefficient (Wildman–Crippen LogP) is 2.82. The van der Waals surface area contributed by atoms with Crippen molar-refractivity contribution < 1.29 is 4.79 Å². The van der Waals surface area contributed by atoms with E-state index >= 15 is 0 Å². The monoisotopic (exact) mass is 288 g/mol. The summed E-state index contributed by atoms with van der Waals surface area (Å²) in [6.07, 6.45) is 3.31. The number of halogens is 1. The first-order valence-corrected chi connectivity index (χ1v) is 7.10. The van der Waals surface area contributed by atoms with Crippen molar-refractivity contribution >= 4 is 29.7 Å². The number of carbonyl (C=O) groups excluding carboxylic acids is 1. The molecule has 1 aliphatic heterocycles. The number of likely N-dealkylation sites (tertiary alicyclic amines) is 1. The molecular formula is C13H21ClN2OS. The quantitative estimate of drug-likeness (QED) is 0.909. The summed E-state index contributed by atoms with van der Waals surface area (Å²) in [7, 11) is 0. The lowest BCUT2D eigenvalue weighted by Crippen LogP contribution is -2.51. The van der Waals surface area contributed by atoms with Crippen LogP contribution in [-0.2, 0) is 0 Å². The maximum atomic E-state index is 12.5. The van der Waals surface area contributed by atoms with E-state index in [0.717, 1.165) is 29.8 Å². The molecular weight excluding hydrogens is 268 g/mol. The van der Waals surface area contributed by atoms with Crippen LogP contribution in [-0.4, -0.2) is 29.4 Å². The molecule has 1 saturated heterocycles. The van der Waals surface area contributed by atoms with Gasteiger partial charge >= 0.3 is 0 Å². The SMILES string of the molecule is Cc1ccsc1C(=O)N1CCCCC1C(C)N.Cl. The van der Waals surface area contributed by atoms with Crippen LogP contribution in [0.2, 0.25) is 0 Å². The number of nitrogens with two attached hydrogens (primary N) is 1. The van der Waals surface area contributed by atoms with Gasteiger partial charge in [0.2, 0.25) is 0 Å². The average Bonchev–Trinajstić information content (AvgIpc) is 2.74. The Kier molecular flexibility index (Phi) is 5.63. The highest BCUT2D eigenvalue weighted by Gasteiger charge is 2.30. The van der Waals surface area contributed by atoms with Crippen molar-refractivity contribution in [3.63, 3.8) is 0 Å². The van der Waals surface area contributed by atoms with Gasteiger partial charge in [0, 0.05) is 18.6 Å². The third-order valence-electron chi connectivity index (χ3n) is 3.47. The summed E-state index contributed by atoms with van der Waals surface area (Å²) in [5, 5.41) is 1.98. The molecule has 102 valence electrons. The number of thiophene rings is 1. The molecule has 1 aliphatic rings. The Morgan fingerprint density at radius 3 is 2.83 bits per heavy atom. The third-order valence-corrected chi connectivity index (χ3v) is 4.48. The zero-order valence-corrected chi connectivity index (χ0v) is 12.5. The van der Waals surface area contributed by atoms with E-state index < -0.39 is 0 Å². The fraction of sp³-hybridized carbons (Fsp3) is 0.615. The molecule has 2 heterocycles. The number of aryl methyl sites for hydroxylation is 1. The molecule has 0 aliphatic carbocycles. The molecule has 18 heavy (non-hydrogen) atoms. The molecule has 1 aromatic rings. The number of rotatable bonds is 2. The van der Waals surface area contributed by atoms with Gasteiger partial charge in [0.05, 0.1) is 4.88 Å². The Morgan fingerprint density at radius 1 is 1.56 bits per heavy atom. The third kappa shape index (κ3) is 3.05. The normalized spacial score (nSPS) is 21.3. The molecule has 3 nitrogen and oxygen atoms in total. The van der Waals surface area contributed by atoms with Gasteiger partial charge in [0.15, 0.2) is 0 Å². The first-order valence-electron chi connectivity index (χ1n) is 6.22. The van der Waals surface area contributed by atoms with Crippen LogP contribution in [0.5, 0.6) is 0 Å². The van der Waals surface area contributed by atoms with Crippen LogP contribution in [0.25, 0.3) is 0 Å². The van der Waals surface area contributed by atoms with E-state index in [1.807, 2.05) is 30.2 Å². The molecule has 0 bridgehead atoms. The van der Waals surface area contributed by atoms with Crippen molar-refractivity contribution in [3.05, 3.63) is 21.9 Å². The van der Waals surface area contributed by atoms with E-state index in [2.05, 4.69) is 0 Å². The van der Waals surface area contributed by atoms with Gasteiger partial charge in [-0.05, 0) is 50.1 Å². The lowest BCUT2D eigenvalue weighted by Gasteiger charge is -2.38. The van der Waals surface area contributed by atoms with Crippen LogP contribution in [0.4, 0.5) is 0 Å². The minimum Gasteiger partial charge on any atom is -0.333 e. The molecule has 1 fully saturated rings. The number of carbonyl (C=O) groups is 1. The van der Waals surface area contributed by atoms with Crippen LogP contribution >= 0.6 is 23.7 Å². The van der Waals surface area contributed by atoms with E-state index in [0.29, 0.717) is 0 Å². The Hall–Kier alpha value is -0.580. The van der Waals surface area contributed by atoms with Crippen LogP contribution in [0.15, 0.2) is 11.4 Å². The highest BCUT2D eigenvalue weighted by Crippen LogP contribution is 2.24. The van der Waals surface area contributed by atoms with E-state index in [1.54, 1.807) is 0 Å². The van der Waals surface area contributed by atoms with Gasteiger partial charge in [-0.1, -0.05) is 0 Å². The van der Waals surface area contributed by atoms with E-state index in [4.69, 9.17) is 5.73 Å². The molecule has 2 atom stereocenters. The standard InChI is InChI=1S/C13H20N2OS.ClH/c1-9-6-8-17-12(9)13(16)15-7-4-3-5-11(15)10(2)14;/h6,8,10-11H,3-5,7,14H2,1-2H3;1H. The summed E-state index contributed by atoms with van der Waals surface area (Å²) in [5.74, 6) is 0.166. The molecule has 1 amide bonds. The van der Waals surface area contributed by atoms with E-state index in [9.17, 15) is 4.79 Å². The van der Waals surface area contributed by atoms with E-state index in [-0.39, 0.29) is 30.4 Å². The van der Waals surface area contributed by atoms with Crippen LogP contribution in [0.3, 0.4) is 0 Å².